The lowest BCUT2D eigenvalue weighted by Crippen LogP contribution is -2.47. The molecule has 6 nitrogen and oxygen atoms in total. The summed E-state index contributed by atoms with van der Waals surface area (Å²) in [6.07, 6.45) is 0.429. The number of ether oxygens (including phenoxy) is 1. The molecule has 0 spiro atoms. The largest absolute Gasteiger partial charge is 0.469 e. The Morgan fingerprint density at radius 2 is 2.15 bits per heavy atom. The van der Waals surface area contributed by atoms with E-state index in [0.29, 0.717) is 12.1 Å². The first kappa shape index (κ1) is 14.3. The molecular weight excluding hydrogens is 256 g/mol. The van der Waals surface area contributed by atoms with E-state index >= 15 is 0 Å². The van der Waals surface area contributed by atoms with Gasteiger partial charge in [-0.15, -0.1) is 0 Å². The summed E-state index contributed by atoms with van der Waals surface area (Å²) in [5, 5.41) is 8.86. The summed E-state index contributed by atoms with van der Waals surface area (Å²) in [6.45, 7) is 4.20. The highest BCUT2D eigenvalue weighted by molar-refractivity contribution is 5.69. The third-order valence-corrected chi connectivity index (χ3v) is 3.41. The molecule has 0 amide bonds. The zero-order valence-corrected chi connectivity index (χ0v) is 11.6. The monoisotopic (exact) mass is 274 g/mol. The molecule has 6 heteroatoms. The predicted octanol–water partition coefficient (Wildman–Crippen LogP) is 0.638. The molecule has 1 saturated heterocycles. The van der Waals surface area contributed by atoms with Gasteiger partial charge >= 0.3 is 5.97 Å². The minimum atomic E-state index is -0.171. The van der Waals surface area contributed by atoms with Crippen LogP contribution in [0.4, 0.5) is 5.82 Å². The average molecular weight is 274 g/mol. The maximum Gasteiger partial charge on any atom is 0.306 e. The summed E-state index contributed by atoms with van der Waals surface area (Å²) in [7, 11) is 1.41. The topological polar surface area (TPSA) is 69.5 Å². The summed E-state index contributed by atoms with van der Waals surface area (Å²) in [5.74, 6) is 0.674. The minimum Gasteiger partial charge on any atom is -0.469 e. The van der Waals surface area contributed by atoms with Gasteiger partial charge in [-0.2, -0.15) is 5.26 Å². The van der Waals surface area contributed by atoms with Crippen LogP contribution in [-0.2, 0) is 9.53 Å². The molecule has 20 heavy (non-hydrogen) atoms. The van der Waals surface area contributed by atoms with E-state index in [2.05, 4.69) is 25.6 Å². The molecule has 0 atom stereocenters. The Kier molecular flexibility index (Phi) is 4.91. The lowest BCUT2D eigenvalue weighted by atomic mass is 10.2. The molecular formula is C14H18N4O2. The molecule has 0 N–H and O–H groups in total. The normalized spacial score (nSPS) is 15.7. The number of hydrogen-bond donors (Lipinski definition) is 0. The zero-order chi connectivity index (χ0) is 14.4. The zero-order valence-electron chi connectivity index (χ0n) is 11.6. The van der Waals surface area contributed by atoms with E-state index in [9.17, 15) is 4.79 Å². The van der Waals surface area contributed by atoms with Crippen LogP contribution in [0.5, 0.6) is 0 Å². The number of aromatic nitrogens is 1. The van der Waals surface area contributed by atoms with Crippen molar-refractivity contribution >= 4 is 11.8 Å². The van der Waals surface area contributed by atoms with Gasteiger partial charge < -0.3 is 9.64 Å². The number of rotatable bonds is 4. The fourth-order valence-corrected chi connectivity index (χ4v) is 2.21. The van der Waals surface area contributed by atoms with Crippen LogP contribution >= 0.6 is 0 Å². The second kappa shape index (κ2) is 6.87. The number of nitriles is 1. The van der Waals surface area contributed by atoms with Crippen molar-refractivity contribution in [3.8, 4) is 6.07 Å². The molecule has 0 unspecified atom stereocenters. The smallest absolute Gasteiger partial charge is 0.306 e. The molecule has 0 aliphatic carbocycles. The number of methoxy groups -OCH3 is 1. The van der Waals surface area contributed by atoms with Crippen LogP contribution < -0.4 is 4.90 Å². The number of carbonyl (C=O) groups is 1. The van der Waals surface area contributed by atoms with Crippen molar-refractivity contribution in [3.05, 3.63) is 23.9 Å². The first-order valence-corrected chi connectivity index (χ1v) is 6.64. The molecule has 2 rings (SSSR count). The van der Waals surface area contributed by atoms with Crippen molar-refractivity contribution in [1.29, 1.82) is 5.26 Å². The van der Waals surface area contributed by atoms with Crippen molar-refractivity contribution in [2.75, 3.05) is 44.7 Å². The number of esters is 1. The number of nitrogens with zero attached hydrogens (tertiary/aromatic N) is 4. The van der Waals surface area contributed by atoms with Crippen molar-refractivity contribution in [2.45, 2.75) is 6.42 Å². The van der Waals surface area contributed by atoms with Gasteiger partial charge in [-0.25, -0.2) is 4.98 Å². The van der Waals surface area contributed by atoms with Gasteiger partial charge in [0.2, 0.25) is 0 Å². The second-order valence-electron chi connectivity index (χ2n) is 4.65. The highest BCUT2D eigenvalue weighted by Gasteiger charge is 2.18. The molecule has 106 valence electrons. The van der Waals surface area contributed by atoms with Crippen LogP contribution in [0.3, 0.4) is 0 Å². The standard InChI is InChI=1S/C14H18N4O2/c1-20-14(19)5-6-17-7-9-18(10-8-17)13-4-2-3-12(11-15)16-13/h2-4H,5-10H2,1H3. The predicted molar refractivity (Wildman–Crippen MR) is 74.2 cm³/mol. The summed E-state index contributed by atoms with van der Waals surface area (Å²) in [5.41, 5.74) is 0.440. The van der Waals surface area contributed by atoms with Gasteiger partial charge in [0.05, 0.1) is 13.5 Å². The molecule has 0 bridgehead atoms. The fourth-order valence-electron chi connectivity index (χ4n) is 2.21. The maximum atomic E-state index is 11.1. The fraction of sp³-hybridized carbons (Fsp3) is 0.500. The number of piperazine rings is 1. The van der Waals surface area contributed by atoms with Crippen LogP contribution in [0, 0.1) is 11.3 Å². The highest BCUT2D eigenvalue weighted by atomic mass is 16.5. The van der Waals surface area contributed by atoms with Gasteiger partial charge in [-0.3, -0.25) is 9.69 Å². The number of carbonyl (C=O) groups excluding carboxylic acids is 1. The van der Waals surface area contributed by atoms with E-state index in [0.717, 1.165) is 38.5 Å². The number of pyridine rings is 1. The minimum absolute atomic E-state index is 0.171. The molecule has 0 radical (unpaired) electrons. The molecule has 0 aromatic carbocycles. The SMILES string of the molecule is COC(=O)CCN1CCN(c2cccc(C#N)n2)CC1. The first-order chi connectivity index (χ1) is 9.72. The van der Waals surface area contributed by atoms with E-state index in [-0.39, 0.29) is 5.97 Å². The lowest BCUT2D eigenvalue weighted by Gasteiger charge is -2.35. The molecule has 1 aromatic heterocycles. The van der Waals surface area contributed by atoms with Crippen LogP contribution in [0.1, 0.15) is 12.1 Å². The van der Waals surface area contributed by atoms with Crippen LogP contribution in [0.2, 0.25) is 0 Å². The van der Waals surface area contributed by atoms with Crippen LogP contribution in [0.25, 0.3) is 0 Å². The average Bonchev–Trinajstić information content (AvgIpc) is 2.53. The quantitative estimate of drug-likeness (QED) is 0.750. The van der Waals surface area contributed by atoms with Gasteiger partial charge in [0.25, 0.3) is 0 Å². The van der Waals surface area contributed by atoms with Crippen molar-refractivity contribution in [2.24, 2.45) is 0 Å². The third kappa shape index (κ3) is 3.68. The third-order valence-electron chi connectivity index (χ3n) is 3.41. The van der Waals surface area contributed by atoms with E-state index < -0.39 is 0 Å². The number of anilines is 1. The van der Waals surface area contributed by atoms with E-state index in [1.165, 1.54) is 7.11 Å². The van der Waals surface area contributed by atoms with E-state index in [1.54, 1.807) is 6.07 Å². The van der Waals surface area contributed by atoms with Gasteiger partial charge in [-0.05, 0) is 12.1 Å². The Labute approximate surface area is 118 Å². The van der Waals surface area contributed by atoms with Gasteiger partial charge in [0, 0.05) is 32.7 Å². The van der Waals surface area contributed by atoms with Gasteiger partial charge in [0.15, 0.2) is 0 Å². The molecule has 1 aromatic rings. The summed E-state index contributed by atoms with van der Waals surface area (Å²) < 4.78 is 4.64. The van der Waals surface area contributed by atoms with Gasteiger partial charge in [-0.1, -0.05) is 6.07 Å². The molecule has 1 aliphatic heterocycles. The molecule has 2 heterocycles. The van der Waals surface area contributed by atoms with E-state index in [1.807, 2.05) is 12.1 Å². The van der Waals surface area contributed by atoms with Crippen LogP contribution in [-0.4, -0.2) is 55.7 Å². The van der Waals surface area contributed by atoms with Crippen molar-refractivity contribution < 1.29 is 9.53 Å². The Balaban J connectivity index is 1.85. The first-order valence-electron chi connectivity index (χ1n) is 6.64. The lowest BCUT2D eigenvalue weighted by molar-refractivity contribution is -0.141. The molecule has 0 saturated carbocycles. The summed E-state index contributed by atoms with van der Waals surface area (Å²) in [4.78, 5) is 19.8. The molecule has 1 fully saturated rings. The van der Waals surface area contributed by atoms with Gasteiger partial charge in [0.1, 0.15) is 17.6 Å². The Morgan fingerprint density at radius 3 is 2.80 bits per heavy atom. The molecule has 1 aliphatic rings. The van der Waals surface area contributed by atoms with Crippen LogP contribution in [0.15, 0.2) is 18.2 Å². The Morgan fingerprint density at radius 1 is 1.40 bits per heavy atom. The van der Waals surface area contributed by atoms with Crippen molar-refractivity contribution in [3.63, 3.8) is 0 Å². The second-order valence-corrected chi connectivity index (χ2v) is 4.65. The van der Waals surface area contributed by atoms with E-state index in [4.69, 9.17) is 5.26 Å². The number of hydrogen-bond acceptors (Lipinski definition) is 6. The summed E-state index contributed by atoms with van der Waals surface area (Å²) >= 11 is 0. The maximum absolute atomic E-state index is 11.1. The Hall–Kier alpha value is -2.13. The van der Waals surface area contributed by atoms with Crippen molar-refractivity contribution in [1.82, 2.24) is 9.88 Å². The Bertz CT molecular complexity index is 504. The highest BCUT2D eigenvalue weighted by Crippen LogP contribution is 2.14. The summed E-state index contributed by atoms with van der Waals surface area (Å²) in [6, 6.07) is 7.53.